The van der Waals surface area contributed by atoms with Crippen molar-refractivity contribution < 1.29 is 31.5 Å². The number of carbonyl (C=O) groups is 1. The Labute approximate surface area is 174 Å². The number of benzene rings is 1. The quantitative estimate of drug-likeness (QED) is 0.757. The lowest BCUT2D eigenvalue weighted by molar-refractivity contribution is 0.0560. The minimum absolute atomic E-state index is 0.0338. The van der Waals surface area contributed by atoms with Crippen LogP contribution in [0.15, 0.2) is 29.3 Å². The third-order valence-electron chi connectivity index (χ3n) is 5.36. The first-order valence-corrected chi connectivity index (χ1v) is 11.1. The number of amidine groups is 1. The Kier molecular flexibility index (Phi) is 5.47. The zero-order chi connectivity index (χ0) is 22.5. The number of nitrogens with zero attached hydrogens (tertiary/aromatic N) is 1. The summed E-state index contributed by atoms with van der Waals surface area (Å²) in [7, 11) is -4.19. The predicted octanol–water partition coefficient (Wildman–Crippen LogP) is 2.89. The number of hydrogen-bond acceptors (Lipinski definition) is 6. The molecule has 0 bridgehead atoms. The summed E-state index contributed by atoms with van der Waals surface area (Å²) in [6.45, 7) is 6.28. The molecule has 10 heteroatoms. The molecule has 1 fully saturated rings. The van der Waals surface area contributed by atoms with E-state index in [1.165, 1.54) is 38.1 Å². The van der Waals surface area contributed by atoms with Crippen molar-refractivity contribution in [1.29, 1.82) is 0 Å². The fraction of sp³-hybridized carbons (Fsp3) is 0.600. The van der Waals surface area contributed by atoms with Gasteiger partial charge in [0.05, 0.1) is 6.61 Å². The van der Waals surface area contributed by atoms with E-state index < -0.39 is 55.7 Å². The minimum Gasteiger partial charge on any atom is -0.444 e. The van der Waals surface area contributed by atoms with Crippen molar-refractivity contribution >= 4 is 21.8 Å². The van der Waals surface area contributed by atoms with Crippen LogP contribution in [0.25, 0.3) is 0 Å². The van der Waals surface area contributed by atoms with Crippen LogP contribution in [0.1, 0.15) is 40.2 Å². The number of alkyl carbamates (subject to hydrolysis) is 1. The summed E-state index contributed by atoms with van der Waals surface area (Å²) in [5.41, 5.74) is -2.60. The number of nitrogens with one attached hydrogen (secondary N) is 1. The van der Waals surface area contributed by atoms with E-state index in [9.17, 15) is 22.0 Å². The Morgan fingerprint density at radius 1 is 1.33 bits per heavy atom. The topological polar surface area (TPSA) is 94.1 Å². The number of alkyl halides is 1. The lowest BCUT2D eigenvalue weighted by Crippen LogP contribution is -2.63. The highest BCUT2D eigenvalue weighted by Gasteiger charge is 2.66. The molecule has 1 amide bonds. The number of fused-ring (bicyclic) bond motifs is 1. The average Bonchev–Trinajstić information content (AvgIpc) is 2.99. The van der Waals surface area contributed by atoms with E-state index in [1.807, 2.05) is 0 Å². The lowest BCUT2D eigenvalue weighted by Gasteiger charge is -2.43. The van der Waals surface area contributed by atoms with Crippen molar-refractivity contribution in [2.45, 2.75) is 61.9 Å². The fourth-order valence-electron chi connectivity index (χ4n) is 3.86. The van der Waals surface area contributed by atoms with Crippen LogP contribution in [0.4, 0.5) is 13.6 Å². The number of carbonyl (C=O) groups excluding carboxylic acids is 1. The van der Waals surface area contributed by atoms with Crippen LogP contribution < -0.4 is 5.32 Å². The molecule has 7 nitrogen and oxygen atoms in total. The molecule has 1 saturated heterocycles. The SMILES string of the molecule is CC(C)(C)OC(=O)NC1=N[C@@]2(c3ccccc3F)COC(CF)[C@H]2S(=O)(=O)C1(C)C. The van der Waals surface area contributed by atoms with Gasteiger partial charge in [-0.05, 0) is 40.7 Å². The summed E-state index contributed by atoms with van der Waals surface area (Å²) in [5, 5.41) is 0.966. The summed E-state index contributed by atoms with van der Waals surface area (Å²) >= 11 is 0. The number of ether oxygens (including phenoxy) is 2. The van der Waals surface area contributed by atoms with Crippen LogP contribution in [-0.4, -0.2) is 55.3 Å². The number of amides is 1. The first kappa shape index (κ1) is 22.6. The molecule has 0 aliphatic carbocycles. The molecule has 30 heavy (non-hydrogen) atoms. The molecule has 0 saturated carbocycles. The summed E-state index contributed by atoms with van der Waals surface area (Å²) in [4.78, 5) is 16.9. The van der Waals surface area contributed by atoms with E-state index in [-0.39, 0.29) is 18.0 Å². The van der Waals surface area contributed by atoms with Gasteiger partial charge in [0.1, 0.15) is 45.6 Å². The van der Waals surface area contributed by atoms with E-state index in [4.69, 9.17) is 9.47 Å². The van der Waals surface area contributed by atoms with E-state index in [0.29, 0.717) is 0 Å². The normalized spacial score (nSPS) is 29.6. The van der Waals surface area contributed by atoms with Gasteiger partial charge < -0.3 is 9.47 Å². The Balaban J connectivity index is 2.22. The monoisotopic (exact) mass is 444 g/mol. The number of aliphatic imine (C=N–C) groups is 1. The molecule has 0 aromatic heterocycles. The first-order valence-electron chi connectivity index (χ1n) is 9.52. The van der Waals surface area contributed by atoms with Crippen molar-refractivity contribution in [3.63, 3.8) is 0 Å². The number of sulfone groups is 1. The Hall–Kier alpha value is -2.07. The van der Waals surface area contributed by atoms with Crippen molar-refractivity contribution in [1.82, 2.24) is 5.32 Å². The van der Waals surface area contributed by atoms with E-state index >= 15 is 0 Å². The van der Waals surface area contributed by atoms with Crippen LogP contribution in [0.2, 0.25) is 0 Å². The third kappa shape index (κ3) is 3.49. The number of hydrogen-bond donors (Lipinski definition) is 1. The van der Waals surface area contributed by atoms with Crippen LogP contribution >= 0.6 is 0 Å². The molecule has 2 aliphatic heterocycles. The molecule has 2 heterocycles. The van der Waals surface area contributed by atoms with Crippen molar-refractivity contribution in [2.24, 2.45) is 4.99 Å². The van der Waals surface area contributed by atoms with Gasteiger partial charge in [0, 0.05) is 5.56 Å². The van der Waals surface area contributed by atoms with Crippen LogP contribution in [-0.2, 0) is 24.8 Å². The highest BCUT2D eigenvalue weighted by molar-refractivity contribution is 7.94. The van der Waals surface area contributed by atoms with E-state index in [2.05, 4.69) is 10.3 Å². The second kappa shape index (κ2) is 7.26. The van der Waals surface area contributed by atoms with Crippen molar-refractivity contribution in [3.05, 3.63) is 35.6 Å². The van der Waals surface area contributed by atoms with Gasteiger partial charge in [-0.3, -0.25) is 10.3 Å². The molecule has 0 radical (unpaired) electrons. The van der Waals surface area contributed by atoms with Gasteiger partial charge in [-0.2, -0.15) is 0 Å². The maximum Gasteiger partial charge on any atom is 0.413 e. The summed E-state index contributed by atoms with van der Waals surface area (Å²) in [5.74, 6) is -0.903. The van der Waals surface area contributed by atoms with Gasteiger partial charge in [0.2, 0.25) is 0 Å². The van der Waals surface area contributed by atoms with Gasteiger partial charge in [0.25, 0.3) is 0 Å². The van der Waals surface area contributed by atoms with Gasteiger partial charge in [-0.25, -0.2) is 22.0 Å². The van der Waals surface area contributed by atoms with Gasteiger partial charge in [0.15, 0.2) is 9.84 Å². The molecule has 1 aromatic rings. The highest BCUT2D eigenvalue weighted by atomic mass is 32.2. The number of rotatable bonds is 2. The molecule has 3 atom stereocenters. The Morgan fingerprint density at radius 3 is 2.53 bits per heavy atom. The summed E-state index contributed by atoms with van der Waals surface area (Å²) < 4.78 is 64.7. The van der Waals surface area contributed by atoms with Crippen LogP contribution in [0.3, 0.4) is 0 Å². The van der Waals surface area contributed by atoms with Crippen molar-refractivity contribution in [2.75, 3.05) is 13.3 Å². The van der Waals surface area contributed by atoms with E-state index in [1.54, 1.807) is 20.8 Å². The molecule has 2 aliphatic rings. The number of halogens is 2. The molecule has 1 unspecified atom stereocenters. The van der Waals surface area contributed by atoms with Gasteiger partial charge in [-0.1, -0.05) is 18.2 Å². The lowest BCUT2D eigenvalue weighted by atomic mass is 9.86. The predicted molar refractivity (Wildman–Crippen MR) is 107 cm³/mol. The average molecular weight is 445 g/mol. The molecule has 0 spiro atoms. The molecular formula is C20H26F2N2O5S. The van der Waals surface area contributed by atoms with Gasteiger partial charge in [-0.15, -0.1) is 0 Å². The molecule has 166 valence electrons. The van der Waals surface area contributed by atoms with Gasteiger partial charge >= 0.3 is 6.09 Å². The Morgan fingerprint density at radius 2 is 1.97 bits per heavy atom. The first-order chi connectivity index (χ1) is 13.8. The zero-order valence-corrected chi connectivity index (χ0v) is 18.3. The van der Waals surface area contributed by atoms with Crippen LogP contribution in [0, 0.1) is 5.82 Å². The largest absolute Gasteiger partial charge is 0.444 e. The highest BCUT2D eigenvalue weighted by Crippen LogP contribution is 2.49. The van der Waals surface area contributed by atoms with Crippen LogP contribution in [0.5, 0.6) is 0 Å². The summed E-state index contributed by atoms with van der Waals surface area (Å²) in [6.07, 6.45) is -2.20. The molecule has 1 aromatic carbocycles. The summed E-state index contributed by atoms with van der Waals surface area (Å²) in [6, 6.07) is 5.56. The fourth-order valence-corrected chi connectivity index (χ4v) is 6.17. The van der Waals surface area contributed by atoms with E-state index in [0.717, 1.165) is 0 Å². The molecule has 1 N–H and O–H groups in total. The standard InChI is InChI=1S/C20H26F2N2O5S/c1-18(2,3)29-17(25)23-16-19(4,5)30(26,27)15-14(10-21)28-11-20(15,24-16)12-8-6-7-9-13(12)22/h6-9,14-15H,10-11H2,1-5H3,(H,23,24,25)/t14?,15-,20-/m1/s1. The second-order valence-corrected chi connectivity index (χ2v) is 11.6. The minimum atomic E-state index is -4.19. The maximum absolute atomic E-state index is 14.8. The second-order valence-electron chi connectivity index (χ2n) is 8.97. The smallest absolute Gasteiger partial charge is 0.413 e. The third-order valence-corrected chi connectivity index (χ3v) is 8.34. The van der Waals surface area contributed by atoms with Crippen molar-refractivity contribution in [3.8, 4) is 0 Å². The molecular weight excluding hydrogens is 418 g/mol. The molecule has 3 rings (SSSR count). The zero-order valence-electron chi connectivity index (χ0n) is 17.5. The maximum atomic E-state index is 14.8. The Bertz CT molecular complexity index is 987.